The zero-order valence-corrected chi connectivity index (χ0v) is 10.4. The summed E-state index contributed by atoms with van der Waals surface area (Å²) in [7, 11) is 0. The number of hydrogen-bond donors (Lipinski definition) is 2. The summed E-state index contributed by atoms with van der Waals surface area (Å²) in [5.41, 5.74) is 1.02. The van der Waals surface area contributed by atoms with E-state index >= 15 is 0 Å². The second-order valence-corrected chi connectivity index (χ2v) is 4.61. The molecule has 0 spiro atoms. The number of hydrogen-bond acceptors (Lipinski definition) is 4. The average molecular weight is 250 g/mol. The van der Waals surface area contributed by atoms with E-state index < -0.39 is 12.0 Å². The van der Waals surface area contributed by atoms with Crippen molar-refractivity contribution in [1.82, 2.24) is 4.98 Å². The molecule has 0 aromatic carbocycles. The van der Waals surface area contributed by atoms with E-state index in [2.05, 4.69) is 10.3 Å². The van der Waals surface area contributed by atoms with Crippen molar-refractivity contribution in [2.45, 2.75) is 38.4 Å². The predicted octanol–water partition coefficient (Wildman–Crippen LogP) is 1.26. The van der Waals surface area contributed by atoms with Crippen molar-refractivity contribution in [1.29, 1.82) is 0 Å². The molecule has 98 valence electrons. The van der Waals surface area contributed by atoms with Crippen molar-refractivity contribution < 1.29 is 14.6 Å². The number of aryl methyl sites for hydroxylation is 1. The lowest BCUT2D eigenvalue weighted by Gasteiger charge is -2.26. The minimum absolute atomic E-state index is 0.0440. The fourth-order valence-electron chi connectivity index (χ4n) is 1.59. The largest absolute Gasteiger partial charge is 0.381 e. The molecule has 2 N–H and O–H groups in total. The standard InChI is InChI=1S/C13H18N2O3/c1-9-5-6-12(14-7-9)15-13(17)11(16)8-18-10-3-2-4-10/h5-7,10-11,16H,2-4,8H2,1H3,(H,14,15,17). The van der Waals surface area contributed by atoms with Crippen LogP contribution in [0.3, 0.4) is 0 Å². The first-order chi connectivity index (χ1) is 8.65. The van der Waals surface area contributed by atoms with Crippen LogP contribution in [0.2, 0.25) is 0 Å². The normalized spacial score (nSPS) is 17.0. The molecule has 2 rings (SSSR count). The van der Waals surface area contributed by atoms with Crippen LogP contribution in [-0.4, -0.2) is 34.8 Å². The molecule has 1 saturated carbocycles. The highest BCUT2D eigenvalue weighted by Gasteiger charge is 2.22. The number of anilines is 1. The minimum atomic E-state index is -1.14. The van der Waals surface area contributed by atoms with E-state index in [1.165, 1.54) is 6.42 Å². The highest BCUT2D eigenvalue weighted by molar-refractivity contribution is 5.93. The Labute approximate surface area is 106 Å². The van der Waals surface area contributed by atoms with Gasteiger partial charge in [-0.15, -0.1) is 0 Å². The van der Waals surface area contributed by atoms with Gasteiger partial charge in [-0.25, -0.2) is 4.98 Å². The van der Waals surface area contributed by atoms with Gasteiger partial charge < -0.3 is 15.2 Å². The maximum Gasteiger partial charge on any atom is 0.256 e. The lowest BCUT2D eigenvalue weighted by molar-refractivity contribution is -0.129. The van der Waals surface area contributed by atoms with Crippen LogP contribution in [0.5, 0.6) is 0 Å². The molecule has 18 heavy (non-hydrogen) atoms. The van der Waals surface area contributed by atoms with E-state index in [4.69, 9.17) is 4.74 Å². The first kappa shape index (κ1) is 13.0. The topological polar surface area (TPSA) is 71.5 Å². The van der Waals surface area contributed by atoms with Crippen LogP contribution < -0.4 is 5.32 Å². The first-order valence-electron chi connectivity index (χ1n) is 6.18. The number of nitrogens with zero attached hydrogens (tertiary/aromatic N) is 1. The summed E-state index contributed by atoms with van der Waals surface area (Å²) in [6.07, 6.45) is 3.94. The Balaban J connectivity index is 1.77. The minimum Gasteiger partial charge on any atom is -0.381 e. The number of nitrogens with one attached hydrogen (secondary N) is 1. The summed E-state index contributed by atoms with van der Waals surface area (Å²) in [5.74, 6) is -0.0426. The molecule has 0 saturated heterocycles. The zero-order valence-electron chi connectivity index (χ0n) is 10.4. The highest BCUT2D eigenvalue weighted by Crippen LogP contribution is 2.21. The van der Waals surface area contributed by atoms with Gasteiger partial charge in [0.25, 0.3) is 5.91 Å². The number of ether oxygens (including phenoxy) is 1. The molecule has 1 aliphatic rings. The quantitative estimate of drug-likeness (QED) is 0.825. The van der Waals surface area contributed by atoms with Crippen molar-refractivity contribution in [2.24, 2.45) is 0 Å². The van der Waals surface area contributed by atoms with E-state index in [9.17, 15) is 9.90 Å². The molecule has 1 aromatic rings. The zero-order chi connectivity index (χ0) is 13.0. The number of carbonyl (C=O) groups is 1. The van der Waals surface area contributed by atoms with Gasteiger partial charge in [0.2, 0.25) is 0 Å². The van der Waals surface area contributed by atoms with Gasteiger partial charge in [0.05, 0.1) is 12.7 Å². The van der Waals surface area contributed by atoms with Crippen LogP contribution in [0.1, 0.15) is 24.8 Å². The Hall–Kier alpha value is -1.46. The second kappa shape index (κ2) is 5.93. The molecule has 1 atom stereocenters. The predicted molar refractivity (Wildman–Crippen MR) is 67.2 cm³/mol. The molecule has 5 heteroatoms. The van der Waals surface area contributed by atoms with Crippen molar-refractivity contribution in [3.05, 3.63) is 23.9 Å². The summed E-state index contributed by atoms with van der Waals surface area (Å²) in [6, 6.07) is 3.55. The van der Waals surface area contributed by atoms with E-state index in [0.717, 1.165) is 18.4 Å². The Morgan fingerprint density at radius 1 is 1.61 bits per heavy atom. The molecule has 0 aliphatic heterocycles. The van der Waals surface area contributed by atoms with E-state index in [0.29, 0.717) is 5.82 Å². The van der Waals surface area contributed by atoms with Gasteiger partial charge in [-0.2, -0.15) is 0 Å². The maximum absolute atomic E-state index is 11.6. The molecule has 1 aromatic heterocycles. The lowest BCUT2D eigenvalue weighted by atomic mass is 9.96. The smallest absolute Gasteiger partial charge is 0.256 e. The number of aromatic nitrogens is 1. The van der Waals surface area contributed by atoms with Crippen LogP contribution in [0.15, 0.2) is 18.3 Å². The summed E-state index contributed by atoms with van der Waals surface area (Å²) < 4.78 is 5.39. The number of pyridine rings is 1. The van der Waals surface area contributed by atoms with Gasteiger partial charge in [-0.3, -0.25) is 4.79 Å². The number of amides is 1. The molecule has 5 nitrogen and oxygen atoms in total. The van der Waals surface area contributed by atoms with E-state index in [1.807, 2.05) is 13.0 Å². The monoisotopic (exact) mass is 250 g/mol. The Kier molecular flexibility index (Phi) is 4.28. The molecule has 1 fully saturated rings. The van der Waals surface area contributed by atoms with Crippen LogP contribution in [0.4, 0.5) is 5.82 Å². The fraction of sp³-hybridized carbons (Fsp3) is 0.538. The number of rotatable bonds is 5. The van der Waals surface area contributed by atoms with Crippen LogP contribution >= 0.6 is 0 Å². The molecule has 1 unspecified atom stereocenters. The molecular formula is C13H18N2O3. The van der Waals surface area contributed by atoms with Crippen LogP contribution in [-0.2, 0) is 9.53 Å². The van der Waals surface area contributed by atoms with Gasteiger partial charge in [0, 0.05) is 6.20 Å². The first-order valence-corrected chi connectivity index (χ1v) is 6.18. The van der Waals surface area contributed by atoms with Gasteiger partial charge in [0.1, 0.15) is 5.82 Å². The second-order valence-electron chi connectivity index (χ2n) is 4.61. The average Bonchev–Trinajstić information content (AvgIpc) is 2.30. The summed E-state index contributed by atoms with van der Waals surface area (Å²) in [4.78, 5) is 15.7. The van der Waals surface area contributed by atoms with E-state index in [-0.39, 0.29) is 12.7 Å². The molecule has 1 amide bonds. The van der Waals surface area contributed by atoms with Gasteiger partial charge in [-0.1, -0.05) is 6.07 Å². The lowest BCUT2D eigenvalue weighted by Crippen LogP contribution is -2.35. The number of aliphatic hydroxyl groups is 1. The Morgan fingerprint density at radius 2 is 2.39 bits per heavy atom. The summed E-state index contributed by atoms with van der Waals surface area (Å²) in [6.45, 7) is 1.96. The highest BCUT2D eigenvalue weighted by atomic mass is 16.5. The van der Waals surface area contributed by atoms with Crippen molar-refractivity contribution in [2.75, 3.05) is 11.9 Å². The SMILES string of the molecule is Cc1ccc(NC(=O)C(O)COC2CCC2)nc1. The molecule has 1 heterocycles. The molecule has 0 bridgehead atoms. The summed E-state index contributed by atoms with van der Waals surface area (Å²) in [5, 5.41) is 12.2. The van der Waals surface area contributed by atoms with Gasteiger partial charge >= 0.3 is 0 Å². The number of carbonyl (C=O) groups excluding carboxylic acids is 1. The van der Waals surface area contributed by atoms with Crippen molar-refractivity contribution >= 4 is 11.7 Å². The molecular weight excluding hydrogens is 232 g/mol. The maximum atomic E-state index is 11.6. The van der Waals surface area contributed by atoms with Crippen molar-refractivity contribution in [3.63, 3.8) is 0 Å². The third-order valence-corrected chi connectivity index (χ3v) is 3.01. The molecule has 1 aliphatic carbocycles. The Morgan fingerprint density at radius 3 is 2.94 bits per heavy atom. The van der Waals surface area contributed by atoms with E-state index in [1.54, 1.807) is 12.3 Å². The Bertz CT molecular complexity index is 401. The molecule has 0 radical (unpaired) electrons. The van der Waals surface area contributed by atoms with Crippen LogP contribution in [0, 0.1) is 6.92 Å². The van der Waals surface area contributed by atoms with Crippen molar-refractivity contribution in [3.8, 4) is 0 Å². The van der Waals surface area contributed by atoms with Crippen LogP contribution in [0.25, 0.3) is 0 Å². The van der Waals surface area contributed by atoms with Gasteiger partial charge in [-0.05, 0) is 37.8 Å². The third-order valence-electron chi connectivity index (χ3n) is 3.01. The fourth-order valence-corrected chi connectivity index (χ4v) is 1.59. The number of aliphatic hydroxyl groups excluding tert-OH is 1. The third kappa shape index (κ3) is 3.51. The van der Waals surface area contributed by atoms with Gasteiger partial charge in [0.15, 0.2) is 6.10 Å². The summed E-state index contributed by atoms with van der Waals surface area (Å²) >= 11 is 0.